The molecule has 2 aromatic heterocycles. The van der Waals surface area contributed by atoms with Crippen molar-refractivity contribution in [2.45, 2.75) is 18.7 Å². The summed E-state index contributed by atoms with van der Waals surface area (Å²) in [5.74, 6) is 0.162. The van der Waals surface area contributed by atoms with Gasteiger partial charge in [-0.1, -0.05) is 18.2 Å². The van der Waals surface area contributed by atoms with Gasteiger partial charge in [0.05, 0.1) is 11.4 Å². The first kappa shape index (κ1) is 20.0. The summed E-state index contributed by atoms with van der Waals surface area (Å²) in [6.07, 6.45) is 0. The smallest absolute Gasteiger partial charge is 0.266 e. The van der Waals surface area contributed by atoms with Crippen molar-refractivity contribution in [3.05, 3.63) is 71.9 Å². The molecule has 11 heteroatoms. The van der Waals surface area contributed by atoms with Crippen LogP contribution in [0.2, 0.25) is 0 Å². The molecule has 0 saturated heterocycles. The lowest BCUT2D eigenvalue weighted by atomic mass is 10.3. The fourth-order valence-corrected chi connectivity index (χ4v) is 4.67. The summed E-state index contributed by atoms with van der Waals surface area (Å²) in [6, 6.07) is 15.1. The molecule has 0 saturated carbocycles. The molecule has 0 spiro atoms. The first-order valence-electron chi connectivity index (χ1n) is 8.83. The van der Waals surface area contributed by atoms with Crippen LogP contribution in [0.4, 0.5) is 21.0 Å². The van der Waals surface area contributed by atoms with Gasteiger partial charge in [0, 0.05) is 23.3 Å². The van der Waals surface area contributed by atoms with Gasteiger partial charge in [-0.2, -0.15) is 9.47 Å². The zero-order chi connectivity index (χ0) is 21.3. The first-order chi connectivity index (χ1) is 14.3. The lowest BCUT2D eigenvalue weighted by molar-refractivity contribution is 0.570. The third-order valence-electron chi connectivity index (χ3n) is 4.08. The highest BCUT2D eigenvalue weighted by molar-refractivity contribution is 7.93. The average Bonchev–Trinajstić information content (AvgIpc) is 3.26. The van der Waals surface area contributed by atoms with Gasteiger partial charge in [0.1, 0.15) is 22.4 Å². The Kier molecular flexibility index (Phi) is 5.22. The first-order valence-corrected chi connectivity index (χ1v) is 11.1. The third kappa shape index (κ3) is 4.16. The van der Waals surface area contributed by atoms with Gasteiger partial charge >= 0.3 is 0 Å². The number of nitrogens with one attached hydrogen (secondary N) is 2. The van der Waals surface area contributed by atoms with Gasteiger partial charge in [0.2, 0.25) is 5.13 Å². The van der Waals surface area contributed by atoms with E-state index in [4.69, 9.17) is 0 Å². The molecule has 2 N–H and O–H groups in total. The summed E-state index contributed by atoms with van der Waals surface area (Å²) in [7, 11) is -4.13. The number of anilines is 3. The molecule has 0 atom stereocenters. The molecule has 2 heterocycles. The maximum atomic E-state index is 14.7. The van der Waals surface area contributed by atoms with Crippen molar-refractivity contribution in [3.8, 4) is 5.69 Å². The molecule has 0 bridgehead atoms. The van der Waals surface area contributed by atoms with Crippen LogP contribution in [-0.2, 0) is 10.0 Å². The predicted molar refractivity (Wildman–Crippen MR) is 113 cm³/mol. The van der Waals surface area contributed by atoms with Crippen molar-refractivity contribution in [1.29, 1.82) is 0 Å². The van der Waals surface area contributed by atoms with E-state index in [1.807, 2.05) is 43.3 Å². The Bertz CT molecular complexity index is 1300. The van der Waals surface area contributed by atoms with Crippen LogP contribution in [0.3, 0.4) is 0 Å². The van der Waals surface area contributed by atoms with Gasteiger partial charge in [-0.05, 0) is 44.2 Å². The zero-order valence-corrected chi connectivity index (χ0v) is 17.6. The van der Waals surface area contributed by atoms with Gasteiger partial charge in [0.15, 0.2) is 0 Å². The fraction of sp³-hybridized carbons (Fsp3) is 0.105. The highest BCUT2D eigenvalue weighted by Crippen LogP contribution is 2.26. The molecule has 4 rings (SSSR count). The maximum absolute atomic E-state index is 14.7. The van der Waals surface area contributed by atoms with E-state index in [9.17, 15) is 12.8 Å². The lowest BCUT2D eigenvalue weighted by Gasteiger charge is -2.11. The summed E-state index contributed by atoms with van der Waals surface area (Å²) >= 11 is 0.888. The van der Waals surface area contributed by atoms with Crippen molar-refractivity contribution in [1.82, 2.24) is 19.1 Å². The van der Waals surface area contributed by atoms with E-state index in [2.05, 4.69) is 24.5 Å². The SMILES string of the molecule is Cc1cc(Nc2ccc(S(=O)(=O)Nc3nc(C)ns3)c(F)c2)n(-c2ccccc2)n1. The van der Waals surface area contributed by atoms with Crippen molar-refractivity contribution < 1.29 is 12.8 Å². The van der Waals surface area contributed by atoms with Crippen LogP contribution in [-0.4, -0.2) is 27.6 Å². The van der Waals surface area contributed by atoms with Crippen LogP contribution >= 0.6 is 11.5 Å². The van der Waals surface area contributed by atoms with E-state index in [-0.39, 0.29) is 5.13 Å². The van der Waals surface area contributed by atoms with Gasteiger partial charge in [-0.25, -0.2) is 22.5 Å². The van der Waals surface area contributed by atoms with Crippen LogP contribution < -0.4 is 10.0 Å². The van der Waals surface area contributed by atoms with Crippen LogP contribution in [0.1, 0.15) is 11.5 Å². The largest absolute Gasteiger partial charge is 0.340 e. The molecule has 154 valence electrons. The van der Waals surface area contributed by atoms with E-state index in [0.717, 1.165) is 29.0 Å². The molecule has 0 fully saturated rings. The predicted octanol–water partition coefficient (Wildman–Crippen LogP) is 4.02. The van der Waals surface area contributed by atoms with Crippen molar-refractivity contribution in [2.75, 3.05) is 10.0 Å². The summed E-state index contributed by atoms with van der Waals surface area (Å²) in [6.45, 7) is 3.49. The number of benzene rings is 2. The molecule has 30 heavy (non-hydrogen) atoms. The average molecular weight is 445 g/mol. The van der Waals surface area contributed by atoms with Crippen LogP contribution in [0, 0.1) is 19.7 Å². The Labute approximate surface area is 176 Å². The molecule has 2 aromatic carbocycles. The summed E-state index contributed by atoms with van der Waals surface area (Å²) < 4.78 is 47.5. The van der Waals surface area contributed by atoms with Crippen molar-refractivity contribution in [3.63, 3.8) is 0 Å². The number of hydrogen-bond donors (Lipinski definition) is 2. The molecular formula is C19H17FN6O2S2. The number of nitrogens with zero attached hydrogens (tertiary/aromatic N) is 4. The van der Waals surface area contributed by atoms with Crippen LogP contribution in [0.15, 0.2) is 59.5 Å². The summed E-state index contributed by atoms with van der Waals surface area (Å²) in [5, 5.41) is 7.62. The molecule has 0 aliphatic carbocycles. The Hall–Kier alpha value is -3.31. The third-order valence-corrected chi connectivity index (χ3v) is 6.30. The Morgan fingerprint density at radius 2 is 1.83 bits per heavy atom. The zero-order valence-electron chi connectivity index (χ0n) is 16.0. The topological polar surface area (TPSA) is 102 Å². The fourth-order valence-electron chi connectivity index (χ4n) is 2.81. The van der Waals surface area contributed by atoms with E-state index >= 15 is 0 Å². The Morgan fingerprint density at radius 3 is 2.50 bits per heavy atom. The number of aryl methyl sites for hydroxylation is 2. The minimum Gasteiger partial charge on any atom is -0.340 e. The second-order valence-corrected chi connectivity index (χ2v) is 8.84. The quantitative estimate of drug-likeness (QED) is 0.466. The number of rotatable bonds is 6. The summed E-state index contributed by atoms with van der Waals surface area (Å²) in [4.78, 5) is 3.46. The number of halogens is 1. The number of para-hydroxylation sites is 1. The van der Waals surface area contributed by atoms with Crippen LogP contribution in [0.25, 0.3) is 5.69 Å². The number of aromatic nitrogens is 4. The molecule has 8 nitrogen and oxygen atoms in total. The van der Waals surface area contributed by atoms with Crippen molar-refractivity contribution >= 4 is 38.2 Å². The molecular weight excluding hydrogens is 427 g/mol. The second kappa shape index (κ2) is 7.84. The van der Waals surface area contributed by atoms with Gasteiger partial charge < -0.3 is 5.32 Å². The molecule has 4 aromatic rings. The van der Waals surface area contributed by atoms with E-state index in [0.29, 0.717) is 17.3 Å². The van der Waals surface area contributed by atoms with E-state index in [1.165, 1.54) is 12.1 Å². The number of hydrogen-bond acceptors (Lipinski definition) is 7. The van der Waals surface area contributed by atoms with Gasteiger partial charge in [0.25, 0.3) is 10.0 Å². The molecule has 0 amide bonds. The monoisotopic (exact) mass is 444 g/mol. The van der Waals surface area contributed by atoms with Crippen LogP contribution in [0.5, 0.6) is 0 Å². The van der Waals surface area contributed by atoms with E-state index < -0.39 is 20.7 Å². The highest BCUT2D eigenvalue weighted by atomic mass is 32.2. The molecule has 0 unspecified atom stereocenters. The Balaban J connectivity index is 1.60. The Morgan fingerprint density at radius 1 is 1.07 bits per heavy atom. The van der Waals surface area contributed by atoms with Gasteiger partial charge in [-0.3, -0.25) is 4.72 Å². The second-order valence-electron chi connectivity index (χ2n) is 6.44. The molecule has 0 radical (unpaired) electrons. The van der Waals surface area contributed by atoms with Crippen molar-refractivity contribution in [2.24, 2.45) is 0 Å². The lowest BCUT2D eigenvalue weighted by Crippen LogP contribution is -2.14. The van der Waals surface area contributed by atoms with E-state index in [1.54, 1.807) is 11.6 Å². The standard InChI is InChI=1S/C19H17FN6O2S2/c1-12-10-18(26(23-12)15-6-4-3-5-7-15)22-14-8-9-17(16(20)11-14)30(27,28)25-19-21-13(2)24-29-19/h3-11,22H,1-2H3,(H,21,24,25). The minimum absolute atomic E-state index is 0.0799. The number of sulfonamides is 1. The minimum atomic E-state index is -4.13. The molecule has 0 aliphatic heterocycles. The summed E-state index contributed by atoms with van der Waals surface area (Å²) in [5.41, 5.74) is 2.00. The normalized spacial score (nSPS) is 11.4. The molecule has 0 aliphatic rings. The maximum Gasteiger partial charge on any atom is 0.266 e. The highest BCUT2D eigenvalue weighted by Gasteiger charge is 2.21. The van der Waals surface area contributed by atoms with Gasteiger partial charge in [-0.15, -0.1) is 0 Å².